The third kappa shape index (κ3) is 2.66. The van der Waals surface area contributed by atoms with E-state index in [9.17, 15) is 0 Å². The molecule has 0 atom stereocenters. The number of hydrogen-bond acceptors (Lipinski definition) is 1. The van der Waals surface area contributed by atoms with E-state index in [2.05, 4.69) is 54.1 Å². The summed E-state index contributed by atoms with van der Waals surface area (Å²) in [6.07, 6.45) is 0. The van der Waals surface area contributed by atoms with Crippen LogP contribution in [0.3, 0.4) is 0 Å². The molecule has 2 N–H and O–H groups in total. The summed E-state index contributed by atoms with van der Waals surface area (Å²) in [6.45, 7) is 4.31. The Hall–Kier alpha value is -1.74. The SMILES string of the molecule is Cc1ccc(C)c(CSc2[nH]c3ccccc3[nH+]2)c1. The average Bonchev–Trinajstić information content (AvgIpc) is 2.82. The molecule has 0 spiro atoms. The third-order valence-electron chi connectivity index (χ3n) is 3.30. The Kier molecular flexibility index (Phi) is 3.30. The quantitative estimate of drug-likeness (QED) is 0.718. The lowest BCUT2D eigenvalue weighted by Gasteiger charge is -2.04. The van der Waals surface area contributed by atoms with E-state index in [1.807, 2.05) is 23.9 Å². The molecule has 0 aliphatic heterocycles. The highest BCUT2D eigenvalue weighted by molar-refractivity contribution is 7.98. The van der Waals surface area contributed by atoms with Crippen molar-refractivity contribution in [2.75, 3.05) is 0 Å². The molecule has 0 saturated heterocycles. The third-order valence-corrected chi connectivity index (χ3v) is 4.25. The zero-order valence-electron chi connectivity index (χ0n) is 11.2. The van der Waals surface area contributed by atoms with E-state index in [1.165, 1.54) is 16.7 Å². The van der Waals surface area contributed by atoms with Gasteiger partial charge in [-0.2, -0.15) is 0 Å². The molecule has 0 amide bonds. The number of nitrogens with one attached hydrogen (secondary N) is 2. The van der Waals surface area contributed by atoms with Crippen LogP contribution in [-0.4, -0.2) is 4.98 Å². The van der Waals surface area contributed by atoms with Crippen molar-refractivity contribution in [2.45, 2.75) is 24.8 Å². The largest absolute Gasteiger partial charge is 0.314 e. The predicted octanol–water partition coefficient (Wildman–Crippen LogP) is 3.89. The summed E-state index contributed by atoms with van der Waals surface area (Å²) in [5.41, 5.74) is 6.39. The van der Waals surface area contributed by atoms with Crippen LogP contribution in [0, 0.1) is 13.8 Å². The maximum atomic E-state index is 3.41. The summed E-state index contributed by atoms with van der Waals surface area (Å²) < 4.78 is 0. The van der Waals surface area contributed by atoms with Gasteiger partial charge >= 0.3 is 5.16 Å². The first-order chi connectivity index (χ1) is 9.22. The van der Waals surface area contributed by atoms with Gasteiger partial charge in [-0.3, -0.25) is 0 Å². The van der Waals surface area contributed by atoms with E-state index in [1.54, 1.807) is 0 Å². The Balaban J connectivity index is 1.80. The second kappa shape index (κ2) is 5.10. The number of fused-ring (bicyclic) bond motifs is 1. The first-order valence-corrected chi connectivity index (χ1v) is 7.40. The number of aryl methyl sites for hydroxylation is 2. The van der Waals surface area contributed by atoms with Gasteiger partial charge in [-0.15, -0.1) is 0 Å². The Morgan fingerprint density at radius 1 is 1.11 bits per heavy atom. The smallest absolute Gasteiger partial charge is 0.231 e. The summed E-state index contributed by atoms with van der Waals surface area (Å²) in [5.74, 6) is 0.983. The molecule has 0 fully saturated rings. The number of H-pyrrole nitrogens is 2. The second-order valence-electron chi connectivity index (χ2n) is 4.84. The second-order valence-corrected chi connectivity index (χ2v) is 5.83. The first kappa shape index (κ1) is 12.3. The minimum Gasteiger partial charge on any atom is -0.231 e. The molecule has 3 heteroatoms. The zero-order valence-corrected chi connectivity index (χ0v) is 12.0. The van der Waals surface area contributed by atoms with E-state index in [4.69, 9.17) is 0 Å². The van der Waals surface area contributed by atoms with Gasteiger partial charge in [0.15, 0.2) is 11.0 Å². The van der Waals surface area contributed by atoms with Crippen molar-refractivity contribution >= 4 is 22.8 Å². The number of hydrogen-bond donors (Lipinski definition) is 1. The normalized spacial score (nSPS) is 11.1. The fourth-order valence-corrected chi connectivity index (χ4v) is 3.13. The van der Waals surface area contributed by atoms with Crippen LogP contribution in [0.4, 0.5) is 0 Å². The Morgan fingerprint density at radius 3 is 2.79 bits per heavy atom. The van der Waals surface area contributed by atoms with Gasteiger partial charge in [-0.05, 0) is 48.9 Å². The Morgan fingerprint density at radius 2 is 1.95 bits per heavy atom. The number of thioether (sulfide) groups is 1. The van der Waals surface area contributed by atoms with E-state index in [0.717, 1.165) is 21.9 Å². The van der Waals surface area contributed by atoms with Crippen LogP contribution in [0.15, 0.2) is 47.6 Å². The van der Waals surface area contributed by atoms with Crippen molar-refractivity contribution < 1.29 is 4.98 Å². The van der Waals surface area contributed by atoms with Gasteiger partial charge in [0.05, 0.1) is 0 Å². The zero-order chi connectivity index (χ0) is 13.2. The Bertz CT molecular complexity index is 683. The number of aromatic amines is 2. The summed E-state index contributed by atoms with van der Waals surface area (Å²) in [7, 11) is 0. The summed E-state index contributed by atoms with van der Waals surface area (Å²) in [4.78, 5) is 6.81. The maximum Gasteiger partial charge on any atom is 0.314 e. The van der Waals surface area contributed by atoms with Crippen molar-refractivity contribution in [1.29, 1.82) is 0 Å². The topological polar surface area (TPSA) is 29.9 Å². The predicted molar refractivity (Wildman–Crippen MR) is 80.3 cm³/mol. The van der Waals surface area contributed by atoms with Gasteiger partial charge in [-0.25, -0.2) is 9.97 Å². The van der Waals surface area contributed by atoms with Crippen LogP contribution in [0.25, 0.3) is 11.0 Å². The fourth-order valence-electron chi connectivity index (χ4n) is 2.15. The lowest BCUT2D eigenvalue weighted by Crippen LogP contribution is -2.01. The molecule has 2 aromatic carbocycles. The minimum absolute atomic E-state index is 0.983. The molecular weight excluding hydrogens is 252 g/mol. The van der Waals surface area contributed by atoms with Crippen molar-refractivity contribution in [3.8, 4) is 0 Å². The van der Waals surface area contributed by atoms with Crippen LogP contribution < -0.4 is 4.98 Å². The maximum absolute atomic E-state index is 3.41. The van der Waals surface area contributed by atoms with Crippen LogP contribution in [0.5, 0.6) is 0 Å². The molecule has 2 nitrogen and oxygen atoms in total. The van der Waals surface area contributed by atoms with Gasteiger partial charge < -0.3 is 0 Å². The van der Waals surface area contributed by atoms with E-state index in [-0.39, 0.29) is 0 Å². The van der Waals surface area contributed by atoms with Gasteiger partial charge in [0.1, 0.15) is 0 Å². The first-order valence-electron chi connectivity index (χ1n) is 6.41. The molecule has 19 heavy (non-hydrogen) atoms. The molecule has 3 aromatic rings. The van der Waals surface area contributed by atoms with Crippen LogP contribution in [0.2, 0.25) is 0 Å². The van der Waals surface area contributed by atoms with Crippen LogP contribution in [0.1, 0.15) is 16.7 Å². The molecule has 3 rings (SSSR count). The molecular formula is C16H17N2S+. The van der Waals surface area contributed by atoms with Crippen LogP contribution >= 0.6 is 11.8 Å². The molecule has 0 bridgehead atoms. The molecule has 1 heterocycles. The highest BCUT2D eigenvalue weighted by atomic mass is 32.2. The molecule has 0 unspecified atom stereocenters. The lowest BCUT2D eigenvalue weighted by atomic mass is 10.1. The number of benzene rings is 2. The summed E-state index contributed by atoms with van der Waals surface area (Å²) in [6, 6.07) is 14.9. The lowest BCUT2D eigenvalue weighted by molar-refractivity contribution is -0.396. The monoisotopic (exact) mass is 269 g/mol. The molecule has 0 aliphatic rings. The van der Waals surface area contributed by atoms with E-state index in [0.29, 0.717) is 0 Å². The fraction of sp³-hybridized carbons (Fsp3) is 0.188. The Labute approximate surface area is 117 Å². The number of para-hydroxylation sites is 2. The number of rotatable bonds is 3. The standard InChI is InChI=1S/C16H16N2S/c1-11-7-8-12(2)13(9-11)10-19-16-17-14-5-3-4-6-15(14)18-16/h3-9H,10H2,1-2H3,(H,17,18)/p+1. The average molecular weight is 269 g/mol. The van der Waals surface area contributed by atoms with Gasteiger partial charge in [0, 0.05) is 5.75 Å². The van der Waals surface area contributed by atoms with Gasteiger partial charge in [0.2, 0.25) is 0 Å². The van der Waals surface area contributed by atoms with Crippen molar-refractivity contribution in [3.05, 3.63) is 59.2 Å². The minimum atomic E-state index is 0.983. The summed E-state index contributed by atoms with van der Waals surface area (Å²) in [5, 5.41) is 1.11. The van der Waals surface area contributed by atoms with E-state index >= 15 is 0 Å². The highest BCUT2D eigenvalue weighted by Crippen LogP contribution is 2.22. The molecule has 0 aliphatic carbocycles. The molecule has 96 valence electrons. The number of aromatic nitrogens is 2. The molecule has 0 radical (unpaired) electrons. The van der Waals surface area contributed by atoms with Crippen molar-refractivity contribution in [2.24, 2.45) is 0 Å². The highest BCUT2D eigenvalue weighted by Gasteiger charge is 2.10. The van der Waals surface area contributed by atoms with E-state index < -0.39 is 0 Å². The van der Waals surface area contributed by atoms with Crippen molar-refractivity contribution in [1.82, 2.24) is 4.98 Å². The van der Waals surface area contributed by atoms with Crippen LogP contribution in [-0.2, 0) is 5.75 Å². The number of imidazole rings is 1. The van der Waals surface area contributed by atoms with Gasteiger partial charge in [-0.1, -0.05) is 35.9 Å². The summed E-state index contributed by atoms with van der Waals surface area (Å²) >= 11 is 1.81. The van der Waals surface area contributed by atoms with Gasteiger partial charge in [0.25, 0.3) is 0 Å². The molecule has 1 aromatic heterocycles. The molecule has 0 saturated carbocycles. The van der Waals surface area contributed by atoms with Crippen molar-refractivity contribution in [3.63, 3.8) is 0 Å².